The maximum atomic E-state index is 12.1. The van der Waals surface area contributed by atoms with E-state index in [1.165, 1.54) is 6.92 Å². The summed E-state index contributed by atoms with van der Waals surface area (Å²) in [6.07, 6.45) is -0.950. The topological polar surface area (TPSA) is 64.6 Å². The summed E-state index contributed by atoms with van der Waals surface area (Å²) in [7, 11) is 0. The van der Waals surface area contributed by atoms with Gasteiger partial charge < -0.3 is 14.8 Å². The molecule has 0 bridgehead atoms. The number of anilines is 1. The van der Waals surface area contributed by atoms with Gasteiger partial charge in [-0.1, -0.05) is 23.7 Å². The monoisotopic (exact) mass is 361 g/mol. The van der Waals surface area contributed by atoms with Crippen LogP contribution in [-0.4, -0.2) is 24.6 Å². The Morgan fingerprint density at radius 1 is 1.12 bits per heavy atom. The van der Waals surface area contributed by atoms with E-state index in [2.05, 4.69) is 5.32 Å². The van der Waals surface area contributed by atoms with E-state index in [9.17, 15) is 9.59 Å². The summed E-state index contributed by atoms with van der Waals surface area (Å²) < 4.78 is 10.5. The fourth-order valence-electron chi connectivity index (χ4n) is 2.25. The van der Waals surface area contributed by atoms with Gasteiger partial charge in [0, 0.05) is 10.7 Å². The number of carbonyl (C=O) groups excluding carboxylic acids is 2. The van der Waals surface area contributed by atoms with Crippen molar-refractivity contribution in [3.63, 3.8) is 0 Å². The Labute approximate surface area is 151 Å². The number of aryl methyl sites for hydroxylation is 2. The number of ether oxygens (including phenoxy) is 2. The van der Waals surface area contributed by atoms with Crippen molar-refractivity contribution < 1.29 is 19.1 Å². The number of benzene rings is 2. The van der Waals surface area contributed by atoms with Crippen molar-refractivity contribution in [2.75, 3.05) is 11.9 Å². The number of nitrogens with one attached hydrogen (secondary N) is 1. The highest BCUT2D eigenvalue weighted by Crippen LogP contribution is 2.17. The van der Waals surface area contributed by atoms with Crippen molar-refractivity contribution in [3.8, 4) is 5.75 Å². The third-order valence-electron chi connectivity index (χ3n) is 3.32. The molecular formula is C19H20ClNO4. The Bertz CT molecular complexity index is 756. The van der Waals surface area contributed by atoms with Gasteiger partial charge in [0.25, 0.3) is 5.91 Å². The van der Waals surface area contributed by atoms with Crippen LogP contribution in [0.4, 0.5) is 5.69 Å². The van der Waals surface area contributed by atoms with E-state index in [4.69, 9.17) is 21.1 Å². The van der Waals surface area contributed by atoms with Crippen LogP contribution in [-0.2, 0) is 14.3 Å². The van der Waals surface area contributed by atoms with Crippen LogP contribution in [0.5, 0.6) is 5.75 Å². The standard InChI is InChI=1S/C19H20ClNO4/c1-12-7-13(2)9-17(8-12)24-11-18(22)25-14(3)19(23)21-16-6-4-5-15(20)10-16/h4-10,14H,11H2,1-3H3,(H,21,23)/t14-/m1/s1. The summed E-state index contributed by atoms with van der Waals surface area (Å²) in [5, 5.41) is 3.14. The zero-order chi connectivity index (χ0) is 18.4. The number of esters is 1. The number of amides is 1. The number of rotatable bonds is 6. The first kappa shape index (κ1) is 18.8. The van der Waals surface area contributed by atoms with Gasteiger partial charge in [0.1, 0.15) is 5.75 Å². The average molecular weight is 362 g/mol. The normalized spacial score (nSPS) is 11.5. The van der Waals surface area contributed by atoms with Gasteiger partial charge in [0.05, 0.1) is 0 Å². The van der Waals surface area contributed by atoms with Crippen molar-refractivity contribution >= 4 is 29.2 Å². The van der Waals surface area contributed by atoms with Gasteiger partial charge in [-0.2, -0.15) is 0 Å². The van der Waals surface area contributed by atoms with Gasteiger partial charge >= 0.3 is 5.97 Å². The second-order valence-electron chi connectivity index (χ2n) is 5.74. The largest absolute Gasteiger partial charge is 0.482 e. The average Bonchev–Trinajstić information content (AvgIpc) is 2.52. The van der Waals surface area contributed by atoms with Crippen LogP contribution in [0.15, 0.2) is 42.5 Å². The van der Waals surface area contributed by atoms with E-state index in [0.717, 1.165) is 11.1 Å². The lowest BCUT2D eigenvalue weighted by Gasteiger charge is -2.14. The van der Waals surface area contributed by atoms with Crippen LogP contribution < -0.4 is 10.1 Å². The lowest BCUT2D eigenvalue weighted by molar-refractivity contribution is -0.155. The van der Waals surface area contributed by atoms with E-state index in [-0.39, 0.29) is 6.61 Å². The number of halogens is 1. The predicted octanol–water partition coefficient (Wildman–Crippen LogP) is 3.91. The summed E-state index contributed by atoms with van der Waals surface area (Å²) >= 11 is 5.86. The summed E-state index contributed by atoms with van der Waals surface area (Å²) in [4.78, 5) is 23.9. The number of hydrogen-bond acceptors (Lipinski definition) is 4. The van der Waals surface area contributed by atoms with E-state index in [1.54, 1.807) is 24.3 Å². The molecule has 2 rings (SSSR count). The van der Waals surface area contributed by atoms with Crippen molar-refractivity contribution in [2.45, 2.75) is 26.9 Å². The molecule has 132 valence electrons. The second kappa shape index (κ2) is 8.53. The number of carbonyl (C=O) groups is 2. The molecule has 0 saturated heterocycles. The first-order chi connectivity index (χ1) is 11.8. The van der Waals surface area contributed by atoms with Crippen molar-refractivity contribution in [1.82, 2.24) is 0 Å². The van der Waals surface area contributed by atoms with Gasteiger partial charge in [-0.25, -0.2) is 4.79 Å². The molecule has 2 aromatic rings. The molecule has 1 amide bonds. The molecule has 5 nitrogen and oxygen atoms in total. The van der Waals surface area contributed by atoms with Crippen molar-refractivity contribution in [1.29, 1.82) is 0 Å². The summed E-state index contributed by atoms with van der Waals surface area (Å²) in [5.74, 6) is -0.472. The molecule has 0 aromatic heterocycles. The van der Waals surface area contributed by atoms with Gasteiger partial charge in [0.2, 0.25) is 0 Å². The molecule has 0 fully saturated rings. The Kier molecular flexibility index (Phi) is 6.42. The Hall–Kier alpha value is -2.53. The highest BCUT2D eigenvalue weighted by atomic mass is 35.5. The lowest BCUT2D eigenvalue weighted by atomic mass is 10.1. The van der Waals surface area contributed by atoms with E-state index in [0.29, 0.717) is 16.5 Å². The molecule has 0 saturated carbocycles. The third-order valence-corrected chi connectivity index (χ3v) is 3.56. The molecule has 1 atom stereocenters. The molecule has 0 aliphatic rings. The summed E-state index contributed by atoms with van der Waals surface area (Å²) in [5.41, 5.74) is 2.61. The second-order valence-corrected chi connectivity index (χ2v) is 6.18. The van der Waals surface area contributed by atoms with Gasteiger partial charge in [0.15, 0.2) is 12.7 Å². The Morgan fingerprint density at radius 2 is 1.80 bits per heavy atom. The summed E-state index contributed by atoms with van der Waals surface area (Å²) in [6.45, 7) is 5.12. The first-order valence-electron chi connectivity index (χ1n) is 7.80. The Balaban J connectivity index is 1.83. The molecule has 2 aromatic carbocycles. The molecule has 0 spiro atoms. The van der Waals surface area contributed by atoms with Crippen LogP contribution in [0.2, 0.25) is 5.02 Å². The summed E-state index contributed by atoms with van der Waals surface area (Å²) in [6, 6.07) is 12.4. The minimum atomic E-state index is -0.950. The minimum absolute atomic E-state index is 0.266. The minimum Gasteiger partial charge on any atom is -0.482 e. The first-order valence-corrected chi connectivity index (χ1v) is 8.18. The highest BCUT2D eigenvalue weighted by molar-refractivity contribution is 6.30. The van der Waals surface area contributed by atoms with Gasteiger partial charge in [-0.3, -0.25) is 4.79 Å². The molecule has 6 heteroatoms. The fraction of sp³-hybridized carbons (Fsp3) is 0.263. The van der Waals surface area contributed by atoms with Crippen LogP contribution in [0.3, 0.4) is 0 Å². The zero-order valence-electron chi connectivity index (χ0n) is 14.3. The maximum Gasteiger partial charge on any atom is 0.344 e. The molecule has 0 aliphatic carbocycles. The highest BCUT2D eigenvalue weighted by Gasteiger charge is 2.18. The van der Waals surface area contributed by atoms with Gasteiger partial charge in [-0.15, -0.1) is 0 Å². The molecular weight excluding hydrogens is 342 g/mol. The van der Waals surface area contributed by atoms with Crippen LogP contribution in [0, 0.1) is 13.8 Å². The molecule has 0 heterocycles. The zero-order valence-corrected chi connectivity index (χ0v) is 15.1. The molecule has 25 heavy (non-hydrogen) atoms. The lowest BCUT2D eigenvalue weighted by Crippen LogP contribution is -2.31. The quantitative estimate of drug-likeness (QED) is 0.792. The molecule has 1 N–H and O–H groups in total. The third kappa shape index (κ3) is 6.12. The van der Waals surface area contributed by atoms with Crippen LogP contribution in [0.25, 0.3) is 0 Å². The van der Waals surface area contributed by atoms with Crippen molar-refractivity contribution in [2.24, 2.45) is 0 Å². The van der Waals surface area contributed by atoms with E-state index < -0.39 is 18.0 Å². The van der Waals surface area contributed by atoms with Gasteiger partial charge in [-0.05, 0) is 62.2 Å². The molecule has 0 unspecified atom stereocenters. The Morgan fingerprint density at radius 3 is 2.44 bits per heavy atom. The predicted molar refractivity (Wildman–Crippen MR) is 97.0 cm³/mol. The van der Waals surface area contributed by atoms with Crippen LogP contribution in [0.1, 0.15) is 18.1 Å². The maximum absolute atomic E-state index is 12.1. The fourth-order valence-corrected chi connectivity index (χ4v) is 2.44. The van der Waals surface area contributed by atoms with E-state index in [1.807, 2.05) is 32.0 Å². The molecule has 0 aliphatic heterocycles. The smallest absolute Gasteiger partial charge is 0.344 e. The SMILES string of the molecule is Cc1cc(C)cc(OCC(=O)O[C@H](C)C(=O)Nc2cccc(Cl)c2)c1. The van der Waals surface area contributed by atoms with Crippen molar-refractivity contribution in [3.05, 3.63) is 58.6 Å². The van der Waals surface area contributed by atoms with E-state index >= 15 is 0 Å². The molecule has 0 radical (unpaired) electrons. The van der Waals surface area contributed by atoms with Crippen LogP contribution >= 0.6 is 11.6 Å². The number of hydrogen-bond donors (Lipinski definition) is 1.